The average molecular weight is 638 g/mol. The van der Waals surface area contributed by atoms with Crippen molar-refractivity contribution in [1.29, 1.82) is 0 Å². The van der Waals surface area contributed by atoms with Crippen molar-refractivity contribution >= 4 is 35.0 Å². The third-order valence-corrected chi connectivity index (χ3v) is 10.1. The van der Waals surface area contributed by atoms with Gasteiger partial charge in [0.25, 0.3) is 5.91 Å². The molecule has 0 saturated carbocycles. The number of halogens is 1. The molecule has 0 bridgehead atoms. The number of fused-ring (bicyclic) bond motifs is 2. The van der Waals surface area contributed by atoms with Gasteiger partial charge in [-0.2, -0.15) is 0 Å². The molecule has 3 amide bonds. The number of hydrogen-bond donors (Lipinski definition) is 1. The number of ether oxygens (including phenoxy) is 1. The Hall–Kier alpha value is -4.24. The lowest BCUT2D eigenvalue weighted by molar-refractivity contribution is -0.151. The number of nitrogens with zero attached hydrogens (tertiary/aromatic N) is 3. The standard InChI is InChI=1S/C37H36ClN3O5/c1-36-18-8-20-39(23-26-12-6-3-7-13-26)33(43)30(36)31-34(44)41(29(24-42)22-25-10-4-2-5-11-25)32-35(45)40(21-9-19-37(31,32)46-36)28-16-14-27(38)15-17-28/h2-19,29-32,42H,20-24H2,1H3/t29-,30-,31+,32?,36+,37+/m1/s1. The lowest BCUT2D eigenvalue weighted by Gasteiger charge is -2.40. The molecule has 1 spiro atoms. The summed E-state index contributed by atoms with van der Waals surface area (Å²) in [4.78, 5) is 49.2. The van der Waals surface area contributed by atoms with Crippen LogP contribution in [0.5, 0.6) is 0 Å². The van der Waals surface area contributed by atoms with Crippen LogP contribution in [0.25, 0.3) is 0 Å². The van der Waals surface area contributed by atoms with E-state index in [0.717, 1.165) is 11.1 Å². The molecule has 4 heterocycles. The minimum atomic E-state index is -1.44. The number of carbonyl (C=O) groups excluding carboxylic acids is 3. The highest BCUT2D eigenvalue weighted by molar-refractivity contribution is 6.30. The molecule has 0 aromatic heterocycles. The molecule has 6 atom stereocenters. The fourth-order valence-electron chi connectivity index (χ4n) is 7.84. The Bertz CT molecular complexity index is 1700. The smallest absolute Gasteiger partial charge is 0.253 e. The van der Waals surface area contributed by atoms with E-state index in [1.807, 2.05) is 91.9 Å². The number of rotatable bonds is 7. The molecule has 1 N–H and O–H groups in total. The largest absolute Gasteiger partial charge is 0.394 e. The van der Waals surface area contributed by atoms with Crippen molar-refractivity contribution in [3.8, 4) is 0 Å². The number of aliphatic hydroxyl groups is 1. The zero-order valence-electron chi connectivity index (χ0n) is 25.5. The molecule has 7 rings (SSSR count). The number of amides is 3. The van der Waals surface area contributed by atoms with Crippen molar-refractivity contribution in [3.63, 3.8) is 0 Å². The molecule has 3 aromatic rings. The summed E-state index contributed by atoms with van der Waals surface area (Å²) in [5.41, 5.74) is -0.0558. The monoisotopic (exact) mass is 637 g/mol. The zero-order chi connectivity index (χ0) is 32.1. The molecular formula is C37H36ClN3O5. The van der Waals surface area contributed by atoms with Crippen LogP contribution in [0.3, 0.4) is 0 Å². The van der Waals surface area contributed by atoms with E-state index in [0.29, 0.717) is 30.2 Å². The first-order chi connectivity index (χ1) is 22.3. The molecule has 3 aromatic carbocycles. The molecule has 9 heteroatoms. The Morgan fingerprint density at radius 3 is 2.15 bits per heavy atom. The lowest BCUT2D eigenvalue weighted by atomic mass is 9.74. The van der Waals surface area contributed by atoms with Crippen molar-refractivity contribution < 1.29 is 24.2 Å². The third kappa shape index (κ3) is 4.96. The van der Waals surface area contributed by atoms with E-state index < -0.39 is 35.1 Å². The molecule has 4 aliphatic rings. The molecule has 2 fully saturated rings. The van der Waals surface area contributed by atoms with Crippen LogP contribution in [-0.2, 0) is 32.1 Å². The fourth-order valence-corrected chi connectivity index (χ4v) is 7.97. The molecule has 0 aliphatic carbocycles. The summed E-state index contributed by atoms with van der Waals surface area (Å²) in [5, 5.41) is 11.3. The van der Waals surface area contributed by atoms with Crippen molar-refractivity contribution in [2.75, 3.05) is 24.6 Å². The normalized spacial score (nSPS) is 29.3. The Labute approximate surface area is 273 Å². The Morgan fingerprint density at radius 2 is 1.48 bits per heavy atom. The first kappa shape index (κ1) is 30.4. The highest BCUT2D eigenvalue weighted by Gasteiger charge is 2.75. The quantitative estimate of drug-likeness (QED) is 0.388. The van der Waals surface area contributed by atoms with Crippen LogP contribution in [0.1, 0.15) is 18.1 Å². The first-order valence-electron chi connectivity index (χ1n) is 15.7. The number of aliphatic hydroxyl groups excluding tert-OH is 1. The molecule has 2 saturated heterocycles. The van der Waals surface area contributed by atoms with Gasteiger partial charge in [0.15, 0.2) is 0 Å². The van der Waals surface area contributed by atoms with Gasteiger partial charge >= 0.3 is 0 Å². The predicted octanol–water partition coefficient (Wildman–Crippen LogP) is 4.42. The van der Waals surface area contributed by atoms with Gasteiger partial charge in [0.2, 0.25) is 11.8 Å². The van der Waals surface area contributed by atoms with Gasteiger partial charge in [-0.15, -0.1) is 0 Å². The highest BCUT2D eigenvalue weighted by Crippen LogP contribution is 2.58. The molecule has 236 valence electrons. The van der Waals surface area contributed by atoms with Crippen molar-refractivity contribution in [2.45, 2.75) is 43.2 Å². The van der Waals surface area contributed by atoms with Crippen LogP contribution >= 0.6 is 11.6 Å². The average Bonchev–Trinajstić information content (AvgIpc) is 3.34. The van der Waals surface area contributed by atoms with Gasteiger partial charge in [-0.25, -0.2) is 0 Å². The maximum Gasteiger partial charge on any atom is 0.253 e. The van der Waals surface area contributed by atoms with Gasteiger partial charge in [-0.3, -0.25) is 14.4 Å². The first-order valence-corrected chi connectivity index (χ1v) is 16.1. The SMILES string of the molecule is C[C@]12C=CCN(Cc3ccccc3)C(=O)[C@H]1[C@H]1C(=O)N([C@@H](CO)Cc3ccccc3)C3C(=O)N(c4ccc(Cl)cc4)CC=C[C@@]31O2. The number of hydrogen-bond acceptors (Lipinski definition) is 5. The summed E-state index contributed by atoms with van der Waals surface area (Å²) in [7, 11) is 0. The second-order valence-corrected chi connectivity index (χ2v) is 13.1. The zero-order valence-corrected chi connectivity index (χ0v) is 26.3. The van der Waals surface area contributed by atoms with Gasteiger partial charge in [-0.1, -0.05) is 96.6 Å². The number of anilines is 1. The second-order valence-electron chi connectivity index (χ2n) is 12.7. The summed E-state index contributed by atoms with van der Waals surface area (Å²) < 4.78 is 6.98. The van der Waals surface area contributed by atoms with E-state index in [-0.39, 0.29) is 30.9 Å². The molecule has 0 radical (unpaired) electrons. The van der Waals surface area contributed by atoms with Gasteiger partial charge < -0.3 is 24.5 Å². The third-order valence-electron chi connectivity index (χ3n) is 9.85. The molecule has 1 unspecified atom stereocenters. The van der Waals surface area contributed by atoms with Crippen molar-refractivity contribution in [2.24, 2.45) is 11.8 Å². The van der Waals surface area contributed by atoms with Crippen LogP contribution < -0.4 is 4.90 Å². The molecular weight excluding hydrogens is 602 g/mol. The van der Waals surface area contributed by atoms with Gasteiger partial charge in [0.05, 0.1) is 30.1 Å². The molecule has 4 aliphatic heterocycles. The van der Waals surface area contributed by atoms with Gasteiger partial charge in [-0.05, 0) is 48.7 Å². The summed E-state index contributed by atoms with van der Waals surface area (Å²) >= 11 is 6.17. The number of likely N-dealkylation sites (tertiary alicyclic amines) is 1. The van der Waals surface area contributed by atoms with E-state index >= 15 is 0 Å². The predicted molar refractivity (Wildman–Crippen MR) is 175 cm³/mol. The maximum atomic E-state index is 14.9. The Kier molecular flexibility index (Phi) is 7.83. The number of benzene rings is 3. The number of carbonyl (C=O) groups is 3. The Balaban J connectivity index is 1.34. The second kappa shape index (κ2) is 11.8. The topological polar surface area (TPSA) is 90.4 Å². The van der Waals surface area contributed by atoms with Crippen LogP contribution in [0.15, 0.2) is 109 Å². The summed E-state index contributed by atoms with van der Waals surface area (Å²) in [6.45, 7) is 2.46. The van der Waals surface area contributed by atoms with Crippen molar-refractivity contribution in [3.05, 3.63) is 125 Å². The maximum absolute atomic E-state index is 14.9. The molecule has 46 heavy (non-hydrogen) atoms. The van der Waals surface area contributed by atoms with E-state index in [9.17, 15) is 19.5 Å². The minimum absolute atomic E-state index is 0.199. The van der Waals surface area contributed by atoms with Crippen LogP contribution in [0.4, 0.5) is 5.69 Å². The van der Waals surface area contributed by atoms with E-state index in [1.54, 1.807) is 34.1 Å². The summed E-state index contributed by atoms with van der Waals surface area (Å²) in [5.74, 6) is -2.77. The Morgan fingerprint density at radius 1 is 0.826 bits per heavy atom. The lowest BCUT2D eigenvalue weighted by Crippen LogP contribution is -2.59. The van der Waals surface area contributed by atoms with Gasteiger partial charge in [0.1, 0.15) is 11.6 Å². The van der Waals surface area contributed by atoms with Crippen molar-refractivity contribution in [1.82, 2.24) is 9.80 Å². The van der Waals surface area contributed by atoms with Crippen LogP contribution in [-0.4, -0.2) is 75.6 Å². The van der Waals surface area contributed by atoms with Gasteiger partial charge in [0, 0.05) is 30.3 Å². The summed E-state index contributed by atoms with van der Waals surface area (Å²) in [6, 6.07) is 24.5. The molecule has 8 nitrogen and oxygen atoms in total. The van der Waals surface area contributed by atoms with E-state index in [4.69, 9.17) is 16.3 Å². The van der Waals surface area contributed by atoms with Crippen LogP contribution in [0.2, 0.25) is 5.02 Å². The van der Waals surface area contributed by atoms with Crippen LogP contribution in [0, 0.1) is 11.8 Å². The fraction of sp³-hybridized carbons (Fsp3) is 0.324. The van der Waals surface area contributed by atoms with E-state index in [2.05, 4.69) is 0 Å². The minimum Gasteiger partial charge on any atom is -0.394 e. The van der Waals surface area contributed by atoms with E-state index in [1.165, 1.54) is 4.90 Å². The highest BCUT2D eigenvalue weighted by atomic mass is 35.5. The summed E-state index contributed by atoms with van der Waals surface area (Å²) in [6.07, 6.45) is 7.82.